The lowest BCUT2D eigenvalue weighted by atomic mass is 10.0. The zero-order valence-electron chi connectivity index (χ0n) is 16.9. The van der Waals surface area contributed by atoms with Crippen molar-refractivity contribution in [2.24, 2.45) is 0 Å². The average Bonchev–Trinajstić information content (AvgIpc) is 3.08. The Hall–Kier alpha value is -3.47. The van der Waals surface area contributed by atoms with E-state index in [1.165, 1.54) is 18.2 Å². The van der Waals surface area contributed by atoms with Crippen molar-refractivity contribution in [3.8, 4) is 11.1 Å². The summed E-state index contributed by atoms with van der Waals surface area (Å²) in [6.07, 6.45) is 0.600. The first kappa shape index (κ1) is 19.8. The molecular formula is C25H22F2N2O. The van der Waals surface area contributed by atoms with Gasteiger partial charge in [-0.1, -0.05) is 30.3 Å². The summed E-state index contributed by atoms with van der Waals surface area (Å²) in [6.45, 7) is 4.31. The third kappa shape index (κ3) is 3.83. The number of H-pyrrole nitrogens is 1. The van der Waals surface area contributed by atoms with E-state index < -0.39 is 0 Å². The molecule has 1 heterocycles. The number of aromatic nitrogens is 1. The fourth-order valence-electron chi connectivity index (χ4n) is 3.84. The summed E-state index contributed by atoms with van der Waals surface area (Å²) < 4.78 is 27.5. The minimum absolute atomic E-state index is 0.179. The van der Waals surface area contributed by atoms with Gasteiger partial charge in [-0.15, -0.1) is 0 Å². The molecule has 0 aliphatic heterocycles. The predicted octanol–water partition coefficient (Wildman–Crippen LogP) is 5.70. The highest BCUT2D eigenvalue weighted by Gasteiger charge is 2.14. The van der Waals surface area contributed by atoms with Gasteiger partial charge in [0.25, 0.3) is 5.91 Å². The summed E-state index contributed by atoms with van der Waals surface area (Å²) in [6, 6.07) is 16.6. The van der Waals surface area contributed by atoms with Gasteiger partial charge in [0.15, 0.2) is 0 Å². The number of nitrogens with one attached hydrogen (secondary N) is 2. The van der Waals surface area contributed by atoms with Crippen LogP contribution in [0.15, 0.2) is 60.7 Å². The second-order valence-electron chi connectivity index (χ2n) is 7.44. The molecule has 0 fully saturated rings. The third-order valence-electron chi connectivity index (χ3n) is 5.40. The van der Waals surface area contributed by atoms with Crippen LogP contribution in [0.2, 0.25) is 0 Å². The van der Waals surface area contributed by atoms with Crippen LogP contribution in [0.25, 0.3) is 22.0 Å². The van der Waals surface area contributed by atoms with Gasteiger partial charge in [0.2, 0.25) is 0 Å². The van der Waals surface area contributed by atoms with Gasteiger partial charge in [-0.3, -0.25) is 4.79 Å². The molecule has 152 valence electrons. The van der Waals surface area contributed by atoms with Crippen LogP contribution in [0.3, 0.4) is 0 Å². The van der Waals surface area contributed by atoms with Crippen LogP contribution < -0.4 is 5.32 Å². The lowest BCUT2D eigenvalue weighted by Gasteiger charge is -2.08. The van der Waals surface area contributed by atoms with Crippen molar-refractivity contribution in [2.45, 2.75) is 20.3 Å². The Morgan fingerprint density at radius 2 is 1.73 bits per heavy atom. The molecular weight excluding hydrogens is 382 g/mol. The van der Waals surface area contributed by atoms with Crippen LogP contribution in [0.1, 0.15) is 27.2 Å². The molecule has 2 N–H and O–H groups in total. The lowest BCUT2D eigenvalue weighted by Crippen LogP contribution is -2.25. The fraction of sp³-hybridized carbons (Fsp3) is 0.160. The molecule has 3 aromatic carbocycles. The number of aryl methyl sites for hydroxylation is 2. The Morgan fingerprint density at radius 1 is 0.967 bits per heavy atom. The monoisotopic (exact) mass is 404 g/mol. The quantitative estimate of drug-likeness (QED) is 0.440. The Kier molecular flexibility index (Phi) is 5.36. The normalized spacial score (nSPS) is 11.1. The fourth-order valence-corrected chi connectivity index (χ4v) is 3.84. The number of fused-ring (bicyclic) bond motifs is 1. The zero-order valence-corrected chi connectivity index (χ0v) is 16.9. The van der Waals surface area contributed by atoms with E-state index >= 15 is 0 Å². The molecule has 1 amide bonds. The standard InChI is InChI=1S/C25H22F2N2O/c1-15-6-11-22(27)24-23(15)21(16(2)29-24)12-13-28-25(30)18-9-7-17(8-10-18)19-4-3-5-20(26)14-19/h3-11,14,29H,12-13H2,1-2H3,(H,28,30). The van der Waals surface area contributed by atoms with Gasteiger partial charge < -0.3 is 10.3 Å². The lowest BCUT2D eigenvalue weighted by molar-refractivity contribution is 0.0954. The van der Waals surface area contributed by atoms with Crippen LogP contribution in [-0.2, 0) is 6.42 Å². The Morgan fingerprint density at radius 3 is 2.47 bits per heavy atom. The van der Waals surface area contributed by atoms with Crippen LogP contribution in [0, 0.1) is 25.5 Å². The van der Waals surface area contributed by atoms with E-state index in [1.807, 2.05) is 19.9 Å². The van der Waals surface area contributed by atoms with Crippen LogP contribution in [0.4, 0.5) is 8.78 Å². The summed E-state index contributed by atoms with van der Waals surface area (Å²) in [7, 11) is 0. The maximum absolute atomic E-state index is 14.1. The predicted molar refractivity (Wildman–Crippen MR) is 116 cm³/mol. The SMILES string of the molecule is Cc1[nH]c2c(F)ccc(C)c2c1CCNC(=O)c1ccc(-c2cccc(F)c2)cc1. The zero-order chi connectivity index (χ0) is 21.3. The molecule has 0 unspecified atom stereocenters. The van der Waals surface area contributed by atoms with Crippen molar-refractivity contribution in [3.63, 3.8) is 0 Å². The van der Waals surface area contributed by atoms with Gasteiger partial charge >= 0.3 is 0 Å². The molecule has 4 aromatic rings. The minimum atomic E-state index is -0.294. The summed E-state index contributed by atoms with van der Waals surface area (Å²) in [5.41, 5.74) is 5.59. The summed E-state index contributed by atoms with van der Waals surface area (Å²) >= 11 is 0. The highest BCUT2D eigenvalue weighted by atomic mass is 19.1. The largest absolute Gasteiger partial charge is 0.356 e. The van der Waals surface area contributed by atoms with Gasteiger partial charge in [-0.2, -0.15) is 0 Å². The number of hydrogen-bond acceptors (Lipinski definition) is 1. The molecule has 0 aliphatic carbocycles. The van der Waals surface area contributed by atoms with Gasteiger partial charge in [-0.05, 0) is 72.9 Å². The summed E-state index contributed by atoms with van der Waals surface area (Å²) in [5, 5.41) is 3.81. The van der Waals surface area contributed by atoms with Crippen molar-refractivity contribution in [1.82, 2.24) is 10.3 Å². The maximum atomic E-state index is 14.1. The number of benzene rings is 3. The van der Waals surface area contributed by atoms with Crippen molar-refractivity contribution in [3.05, 3.63) is 94.7 Å². The number of rotatable bonds is 5. The van der Waals surface area contributed by atoms with Crippen molar-refractivity contribution < 1.29 is 13.6 Å². The molecule has 0 spiro atoms. The molecule has 1 aromatic heterocycles. The molecule has 3 nitrogen and oxygen atoms in total. The first-order chi connectivity index (χ1) is 14.4. The molecule has 4 rings (SSSR count). The third-order valence-corrected chi connectivity index (χ3v) is 5.40. The van der Waals surface area contributed by atoms with Crippen LogP contribution in [0.5, 0.6) is 0 Å². The first-order valence-corrected chi connectivity index (χ1v) is 9.84. The van der Waals surface area contributed by atoms with Gasteiger partial charge in [-0.25, -0.2) is 8.78 Å². The van der Waals surface area contributed by atoms with Crippen molar-refractivity contribution >= 4 is 16.8 Å². The second-order valence-corrected chi connectivity index (χ2v) is 7.44. The van der Waals surface area contributed by atoms with E-state index in [0.717, 1.165) is 33.3 Å². The molecule has 0 saturated heterocycles. The Bertz CT molecular complexity index is 1230. The number of aromatic amines is 1. The molecule has 0 atom stereocenters. The van der Waals surface area contributed by atoms with Gasteiger partial charge in [0.05, 0.1) is 5.52 Å². The second kappa shape index (κ2) is 8.11. The smallest absolute Gasteiger partial charge is 0.251 e. The summed E-state index contributed by atoms with van der Waals surface area (Å²) in [5.74, 6) is -0.745. The van der Waals surface area contributed by atoms with E-state index in [-0.39, 0.29) is 17.5 Å². The molecule has 0 aliphatic rings. The van der Waals surface area contributed by atoms with Crippen LogP contribution >= 0.6 is 0 Å². The maximum Gasteiger partial charge on any atom is 0.251 e. The van der Waals surface area contributed by atoms with E-state index in [4.69, 9.17) is 0 Å². The van der Waals surface area contributed by atoms with Gasteiger partial charge in [0.1, 0.15) is 11.6 Å². The molecule has 30 heavy (non-hydrogen) atoms. The van der Waals surface area contributed by atoms with E-state index in [0.29, 0.717) is 24.0 Å². The number of amides is 1. The number of carbonyl (C=O) groups excluding carboxylic acids is 1. The highest BCUT2D eigenvalue weighted by Crippen LogP contribution is 2.28. The van der Waals surface area contributed by atoms with Crippen LogP contribution in [-0.4, -0.2) is 17.4 Å². The first-order valence-electron chi connectivity index (χ1n) is 9.84. The van der Waals surface area contributed by atoms with E-state index in [2.05, 4.69) is 10.3 Å². The Labute approximate surface area is 173 Å². The van der Waals surface area contributed by atoms with Crippen molar-refractivity contribution in [2.75, 3.05) is 6.54 Å². The number of halogens is 2. The summed E-state index contributed by atoms with van der Waals surface area (Å²) in [4.78, 5) is 15.6. The molecule has 5 heteroatoms. The van der Waals surface area contributed by atoms with Crippen molar-refractivity contribution in [1.29, 1.82) is 0 Å². The highest BCUT2D eigenvalue weighted by molar-refractivity contribution is 5.94. The Balaban J connectivity index is 1.44. The molecule has 0 radical (unpaired) electrons. The van der Waals surface area contributed by atoms with E-state index in [1.54, 1.807) is 36.4 Å². The van der Waals surface area contributed by atoms with E-state index in [9.17, 15) is 13.6 Å². The molecule has 0 bridgehead atoms. The molecule has 0 saturated carbocycles. The van der Waals surface area contributed by atoms with Gasteiger partial charge in [0, 0.05) is 23.2 Å². The topological polar surface area (TPSA) is 44.9 Å². The minimum Gasteiger partial charge on any atom is -0.356 e. The number of hydrogen-bond donors (Lipinski definition) is 2. The average molecular weight is 404 g/mol. The number of carbonyl (C=O) groups is 1.